The summed E-state index contributed by atoms with van der Waals surface area (Å²) in [6.07, 6.45) is 8.53. The number of benzene rings is 1. The molecule has 6 heteroatoms. The molecule has 1 unspecified atom stereocenters. The van der Waals surface area contributed by atoms with Crippen LogP contribution >= 0.6 is 0 Å². The Labute approximate surface area is 194 Å². The number of piperazine rings is 1. The fourth-order valence-corrected chi connectivity index (χ4v) is 5.52. The number of halogens is 1. The second kappa shape index (κ2) is 8.24. The molecule has 1 saturated carbocycles. The number of aromatic nitrogens is 1. The smallest absolute Gasteiger partial charge is 0.225 e. The second-order valence-electron chi connectivity index (χ2n) is 9.95. The van der Waals surface area contributed by atoms with Crippen LogP contribution in [0.5, 0.6) is 0 Å². The van der Waals surface area contributed by atoms with Crippen molar-refractivity contribution in [2.45, 2.75) is 37.8 Å². The van der Waals surface area contributed by atoms with Crippen LogP contribution in [-0.2, 0) is 16.9 Å². The highest BCUT2D eigenvalue weighted by molar-refractivity contribution is 5.92. The van der Waals surface area contributed by atoms with E-state index in [4.69, 9.17) is 0 Å². The minimum Gasteiger partial charge on any atom is -0.367 e. The Morgan fingerprint density at radius 2 is 1.88 bits per heavy atom. The van der Waals surface area contributed by atoms with E-state index in [1.165, 1.54) is 16.8 Å². The monoisotopic (exact) mass is 446 g/mol. The summed E-state index contributed by atoms with van der Waals surface area (Å²) in [5.74, 6) is 0.638. The van der Waals surface area contributed by atoms with Crippen LogP contribution in [0.2, 0.25) is 0 Å². The number of piperidine rings is 1. The lowest BCUT2D eigenvalue weighted by Crippen LogP contribution is -2.49. The molecule has 1 aromatic carbocycles. The third kappa shape index (κ3) is 3.95. The van der Waals surface area contributed by atoms with Crippen molar-refractivity contribution in [2.24, 2.45) is 5.92 Å². The van der Waals surface area contributed by atoms with E-state index in [-0.39, 0.29) is 0 Å². The van der Waals surface area contributed by atoms with Crippen molar-refractivity contribution < 1.29 is 9.18 Å². The van der Waals surface area contributed by atoms with Gasteiger partial charge in [0.25, 0.3) is 0 Å². The van der Waals surface area contributed by atoms with Crippen molar-refractivity contribution in [3.8, 4) is 0 Å². The molecule has 6 rings (SSSR count). The van der Waals surface area contributed by atoms with Crippen LogP contribution in [-0.4, -0.2) is 55.1 Å². The normalized spacial score (nSPS) is 25.1. The molecule has 172 valence electrons. The zero-order valence-electron chi connectivity index (χ0n) is 19.0. The quantitative estimate of drug-likeness (QED) is 0.777. The maximum Gasteiger partial charge on any atom is 0.225 e. The molecule has 5 nitrogen and oxygen atoms in total. The number of nitrogens with zero attached hydrogens (tertiary/aromatic N) is 3. The molecule has 2 saturated heterocycles. The molecule has 2 aliphatic carbocycles. The summed E-state index contributed by atoms with van der Waals surface area (Å²) in [6, 6.07) is 10.1. The van der Waals surface area contributed by atoms with E-state index >= 15 is 4.39 Å². The summed E-state index contributed by atoms with van der Waals surface area (Å²) in [4.78, 5) is 21.5. The van der Waals surface area contributed by atoms with Gasteiger partial charge in [-0.25, -0.2) is 4.39 Å². The molecule has 0 radical (unpaired) electrons. The van der Waals surface area contributed by atoms with Crippen LogP contribution in [0, 0.1) is 5.92 Å². The number of hydrogen-bond acceptors (Lipinski definition) is 4. The first-order valence-corrected chi connectivity index (χ1v) is 12.3. The van der Waals surface area contributed by atoms with Gasteiger partial charge >= 0.3 is 0 Å². The first-order chi connectivity index (χ1) is 16.1. The number of carbonyl (C=O) groups excluding carboxylic acids is 1. The number of pyridine rings is 1. The van der Waals surface area contributed by atoms with Crippen molar-refractivity contribution in [1.82, 2.24) is 15.2 Å². The molecular weight excluding hydrogens is 415 g/mol. The van der Waals surface area contributed by atoms with Gasteiger partial charge in [0.2, 0.25) is 5.91 Å². The standard InChI is InChI=1S/C27H31FN4O/c28-27(9-1-10-29-18-27)22-6-4-19(5-7-22)21-16-23-24(17-21)30-11-8-25(23)31-12-14-32(15-13-31)26(33)20-2-3-20/h4-8,11,16,20,29H,1-3,9-10,12-15,17-18H2. The van der Waals surface area contributed by atoms with Crippen LogP contribution in [0.1, 0.15) is 48.1 Å². The number of rotatable bonds is 4. The average Bonchev–Trinajstić information content (AvgIpc) is 3.62. The number of carbonyl (C=O) groups is 1. The summed E-state index contributed by atoms with van der Waals surface area (Å²) < 4.78 is 15.3. The van der Waals surface area contributed by atoms with Crippen molar-refractivity contribution in [2.75, 3.05) is 44.2 Å². The van der Waals surface area contributed by atoms with Crippen LogP contribution in [0.25, 0.3) is 11.6 Å². The molecule has 2 aromatic rings. The molecule has 0 bridgehead atoms. The van der Waals surface area contributed by atoms with Crippen LogP contribution in [0.4, 0.5) is 10.1 Å². The summed E-state index contributed by atoms with van der Waals surface area (Å²) in [6.45, 7) is 4.61. The van der Waals surface area contributed by atoms with E-state index < -0.39 is 5.67 Å². The van der Waals surface area contributed by atoms with Crippen molar-refractivity contribution in [3.63, 3.8) is 0 Å². The zero-order chi connectivity index (χ0) is 22.4. The molecule has 0 spiro atoms. The van der Waals surface area contributed by atoms with Crippen molar-refractivity contribution in [3.05, 3.63) is 58.9 Å². The van der Waals surface area contributed by atoms with Crippen LogP contribution in [0.3, 0.4) is 0 Å². The number of amides is 1. The molecule has 1 N–H and O–H groups in total. The van der Waals surface area contributed by atoms with E-state index in [2.05, 4.69) is 39.5 Å². The topological polar surface area (TPSA) is 48.5 Å². The summed E-state index contributed by atoms with van der Waals surface area (Å²) in [7, 11) is 0. The highest BCUT2D eigenvalue weighted by Gasteiger charge is 2.35. The van der Waals surface area contributed by atoms with Crippen molar-refractivity contribution >= 4 is 23.2 Å². The highest BCUT2D eigenvalue weighted by atomic mass is 19.1. The predicted octanol–water partition coefficient (Wildman–Crippen LogP) is 3.79. The van der Waals surface area contributed by atoms with Gasteiger partial charge in [-0.05, 0) is 61.1 Å². The first-order valence-electron chi connectivity index (χ1n) is 12.3. The average molecular weight is 447 g/mol. The van der Waals surface area contributed by atoms with E-state index in [1.54, 1.807) is 0 Å². The molecule has 1 aromatic heterocycles. The Hall–Kier alpha value is -2.73. The molecule has 4 aliphatic rings. The highest BCUT2D eigenvalue weighted by Crippen LogP contribution is 2.38. The Morgan fingerprint density at radius 3 is 2.58 bits per heavy atom. The minimum atomic E-state index is -1.26. The number of anilines is 1. The summed E-state index contributed by atoms with van der Waals surface area (Å²) in [5.41, 5.74) is 5.37. The van der Waals surface area contributed by atoms with Gasteiger partial charge in [0.15, 0.2) is 0 Å². The van der Waals surface area contributed by atoms with E-state index in [9.17, 15) is 4.79 Å². The molecule has 3 heterocycles. The van der Waals surface area contributed by atoms with Crippen LogP contribution < -0.4 is 10.2 Å². The molecule has 1 atom stereocenters. The van der Waals surface area contributed by atoms with E-state index in [1.807, 2.05) is 23.2 Å². The Kier molecular flexibility index (Phi) is 5.21. The third-order valence-electron chi connectivity index (χ3n) is 7.69. The number of hydrogen-bond donors (Lipinski definition) is 1. The zero-order valence-corrected chi connectivity index (χ0v) is 19.0. The van der Waals surface area contributed by atoms with Gasteiger partial charge in [-0.2, -0.15) is 0 Å². The molecule has 2 aliphatic heterocycles. The first kappa shape index (κ1) is 20.8. The number of fused-ring (bicyclic) bond motifs is 1. The number of nitrogens with one attached hydrogen (secondary N) is 1. The van der Waals surface area contributed by atoms with Crippen LogP contribution in [0.15, 0.2) is 36.5 Å². The van der Waals surface area contributed by atoms with Gasteiger partial charge in [0.05, 0.1) is 5.69 Å². The number of allylic oxidation sites excluding steroid dienone is 1. The number of alkyl halides is 1. The maximum atomic E-state index is 15.3. The third-order valence-corrected chi connectivity index (χ3v) is 7.69. The van der Waals surface area contributed by atoms with Gasteiger partial charge < -0.3 is 15.1 Å². The van der Waals surface area contributed by atoms with Crippen molar-refractivity contribution in [1.29, 1.82) is 0 Å². The van der Waals surface area contributed by atoms with E-state index in [0.29, 0.717) is 24.8 Å². The van der Waals surface area contributed by atoms with Gasteiger partial charge in [-0.15, -0.1) is 0 Å². The molecule has 3 fully saturated rings. The lowest BCUT2D eigenvalue weighted by Gasteiger charge is -2.37. The molecule has 1 amide bonds. The second-order valence-corrected chi connectivity index (χ2v) is 9.95. The summed E-state index contributed by atoms with van der Waals surface area (Å²) in [5, 5.41) is 3.19. The van der Waals surface area contributed by atoms with Gasteiger partial charge in [-0.3, -0.25) is 9.78 Å². The van der Waals surface area contributed by atoms with Gasteiger partial charge in [0, 0.05) is 62.5 Å². The Morgan fingerprint density at radius 1 is 1.09 bits per heavy atom. The largest absolute Gasteiger partial charge is 0.367 e. The maximum absolute atomic E-state index is 15.3. The minimum absolute atomic E-state index is 0.292. The lowest BCUT2D eigenvalue weighted by atomic mass is 9.87. The summed E-state index contributed by atoms with van der Waals surface area (Å²) >= 11 is 0. The predicted molar refractivity (Wildman–Crippen MR) is 129 cm³/mol. The Balaban J connectivity index is 1.19. The SMILES string of the molecule is O=C(C1CC1)N1CCN(c2ccnc3c2C=C(c2ccc(C4(F)CCCNC4)cc2)C3)CC1. The van der Waals surface area contributed by atoms with E-state index in [0.717, 1.165) is 75.2 Å². The molecule has 33 heavy (non-hydrogen) atoms. The van der Waals surface area contributed by atoms with Gasteiger partial charge in [0.1, 0.15) is 5.67 Å². The fraction of sp³-hybridized carbons (Fsp3) is 0.481. The fourth-order valence-electron chi connectivity index (χ4n) is 5.52. The lowest BCUT2D eigenvalue weighted by molar-refractivity contribution is -0.132. The Bertz CT molecular complexity index is 1080. The van der Waals surface area contributed by atoms with Gasteiger partial charge in [-0.1, -0.05) is 24.3 Å². The molecular formula is C27H31FN4O.